The van der Waals surface area contributed by atoms with Gasteiger partial charge in [-0.3, -0.25) is 9.48 Å². The smallest absolute Gasteiger partial charge is 0.249 e. The molecule has 1 aromatic carbocycles. The molecule has 1 aliphatic rings. The number of carbonyl (C=O) groups excluding carboxylic acids is 1. The van der Waals surface area contributed by atoms with E-state index in [4.69, 9.17) is 0 Å². The minimum Gasteiger partial charge on any atom is -0.357 e. The molecule has 1 atom stereocenters. The lowest BCUT2D eigenvalue weighted by Crippen LogP contribution is -2.33. The van der Waals surface area contributed by atoms with Crippen molar-refractivity contribution in [2.24, 2.45) is 7.05 Å². The fourth-order valence-corrected chi connectivity index (χ4v) is 2.98. The van der Waals surface area contributed by atoms with Crippen molar-refractivity contribution >= 4 is 17.4 Å². The first-order chi connectivity index (χ1) is 12.6. The quantitative estimate of drug-likeness (QED) is 0.779. The van der Waals surface area contributed by atoms with Crippen molar-refractivity contribution in [3.63, 3.8) is 0 Å². The van der Waals surface area contributed by atoms with E-state index < -0.39 is 0 Å². The molecule has 26 heavy (non-hydrogen) atoms. The maximum atomic E-state index is 13.0. The standard InChI is InChI=1S/C18H17FN6O/c1-24-11-14(10-20-24)25-9-8-16(18(25)26)21-17-7-6-15(22-23-17)12-2-4-13(19)5-3-12/h2-7,10-11,16H,8-9H2,1H3,(H,21,23). The SMILES string of the molecule is Cn1cc(N2CCC(Nc3ccc(-c4ccc(F)cc4)nn3)C2=O)cn1. The van der Waals surface area contributed by atoms with Gasteiger partial charge in [0.2, 0.25) is 5.91 Å². The van der Waals surface area contributed by atoms with Crippen LogP contribution in [0.2, 0.25) is 0 Å². The van der Waals surface area contributed by atoms with Crippen molar-refractivity contribution in [1.29, 1.82) is 0 Å². The van der Waals surface area contributed by atoms with Gasteiger partial charge in [-0.1, -0.05) is 0 Å². The Morgan fingerprint density at radius 1 is 1.15 bits per heavy atom. The van der Waals surface area contributed by atoms with Crippen LogP contribution in [0.25, 0.3) is 11.3 Å². The summed E-state index contributed by atoms with van der Waals surface area (Å²) >= 11 is 0. The van der Waals surface area contributed by atoms with Crippen LogP contribution in [0.1, 0.15) is 6.42 Å². The zero-order valence-corrected chi connectivity index (χ0v) is 14.1. The maximum absolute atomic E-state index is 13.0. The van der Waals surface area contributed by atoms with Gasteiger partial charge in [-0.15, -0.1) is 10.2 Å². The monoisotopic (exact) mass is 352 g/mol. The highest BCUT2D eigenvalue weighted by molar-refractivity contribution is 6.00. The van der Waals surface area contributed by atoms with Gasteiger partial charge >= 0.3 is 0 Å². The molecule has 1 unspecified atom stereocenters. The molecule has 0 saturated carbocycles. The molecule has 1 fully saturated rings. The van der Waals surface area contributed by atoms with Gasteiger partial charge in [-0.2, -0.15) is 5.10 Å². The van der Waals surface area contributed by atoms with E-state index in [-0.39, 0.29) is 17.8 Å². The normalized spacial score (nSPS) is 16.9. The second-order valence-electron chi connectivity index (χ2n) is 6.16. The fourth-order valence-electron chi connectivity index (χ4n) is 2.98. The predicted octanol–water partition coefficient (Wildman–Crippen LogP) is 2.23. The summed E-state index contributed by atoms with van der Waals surface area (Å²) in [6, 6.07) is 9.28. The van der Waals surface area contributed by atoms with Gasteiger partial charge < -0.3 is 10.2 Å². The average Bonchev–Trinajstić information content (AvgIpc) is 3.23. The van der Waals surface area contributed by atoms with E-state index in [2.05, 4.69) is 20.6 Å². The molecule has 8 heteroatoms. The van der Waals surface area contributed by atoms with Crippen LogP contribution in [0.4, 0.5) is 15.9 Å². The third kappa shape index (κ3) is 3.13. The molecule has 132 valence electrons. The first-order valence-corrected chi connectivity index (χ1v) is 8.26. The minimum absolute atomic E-state index is 0.0117. The van der Waals surface area contributed by atoms with Gasteiger partial charge in [-0.25, -0.2) is 4.39 Å². The van der Waals surface area contributed by atoms with Gasteiger partial charge in [0.15, 0.2) is 0 Å². The lowest BCUT2D eigenvalue weighted by molar-refractivity contribution is -0.117. The van der Waals surface area contributed by atoms with Crippen LogP contribution in [-0.2, 0) is 11.8 Å². The van der Waals surface area contributed by atoms with Crippen LogP contribution in [0.5, 0.6) is 0 Å². The van der Waals surface area contributed by atoms with Crippen LogP contribution in [0.15, 0.2) is 48.8 Å². The molecular formula is C18H17FN6O. The van der Waals surface area contributed by atoms with Crippen molar-refractivity contribution in [2.75, 3.05) is 16.8 Å². The molecule has 0 bridgehead atoms. The van der Waals surface area contributed by atoms with E-state index in [1.807, 2.05) is 13.2 Å². The Morgan fingerprint density at radius 3 is 2.62 bits per heavy atom. The van der Waals surface area contributed by atoms with Gasteiger partial charge in [0.05, 0.1) is 17.6 Å². The molecule has 3 heterocycles. The molecule has 1 N–H and O–H groups in total. The zero-order valence-electron chi connectivity index (χ0n) is 14.1. The Bertz CT molecular complexity index is 922. The Hall–Kier alpha value is -3.29. The topological polar surface area (TPSA) is 75.9 Å². The first kappa shape index (κ1) is 16.2. The highest BCUT2D eigenvalue weighted by Gasteiger charge is 2.33. The molecule has 1 amide bonds. The molecule has 1 saturated heterocycles. The molecule has 7 nitrogen and oxygen atoms in total. The van der Waals surface area contributed by atoms with Crippen molar-refractivity contribution in [2.45, 2.75) is 12.5 Å². The minimum atomic E-state index is -0.346. The number of rotatable bonds is 4. The summed E-state index contributed by atoms with van der Waals surface area (Å²) in [7, 11) is 1.82. The van der Waals surface area contributed by atoms with Crippen molar-refractivity contribution in [3.8, 4) is 11.3 Å². The Labute approximate surface area is 149 Å². The van der Waals surface area contributed by atoms with Crippen LogP contribution >= 0.6 is 0 Å². The number of aryl methyl sites for hydroxylation is 1. The summed E-state index contributed by atoms with van der Waals surface area (Å²) in [5, 5.41) is 15.5. The van der Waals surface area contributed by atoms with Gasteiger partial charge in [0, 0.05) is 25.4 Å². The van der Waals surface area contributed by atoms with Crippen LogP contribution in [0, 0.1) is 5.82 Å². The highest BCUT2D eigenvalue weighted by Crippen LogP contribution is 2.23. The number of anilines is 2. The van der Waals surface area contributed by atoms with Gasteiger partial charge in [-0.05, 0) is 42.8 Å². The number of nitrogens with zero attached hydrogens (tertiary/aromatic N) is 5. The second-order valence-corrected chi connectivity index (χ2v) is 6.16. The van der Waals surface area contributed by atoms with Crippen LogP contribution in [0.3, 0.4) is 0 Å². The van der Waals surface area contributed by atoms with Crippen molar-refractivity contribution in [3.05, 3.63) is 54.6 Å². The molecule has 0 aliphatic carbocycles. The summed E-state index contributed by atoms with van der Waals surface area (Å²) in [6.07, 6.45) is 4.17. The number of amides is 1. The number of hydrogen-bond donors (Lipinski definition) is 1. The second kappa shape index (κ2) is 6.55. The number of carbonyl (C=O) groups is 1. The Kier molecular flexibility index (Phi) is 4.08. The Morgan fingerprint density at radius 2 is 1.96 bits per heavy atom. The van der Waals surface area contributed by atoms with E-state index in [0.29, 0.717) is 24.5 Å². The van der Waals surface area contributed by atoms with Gasteiger partial charge in [0.1, 0.15) is 17.7 Å². The fraction of sp³-hybridized carbons (Fsp3) is 0.222. The van der Waals surface area contributed by atoms with E-state index >= 15 is 0 Å². The maximum Gasteiger partial charge on any atom is 0.249 e. The van der Waals surface area contributed by atoms with Crippen molar-refractivity contribution < 1.29 is 9.18 Å². The molecule has 2 aromatic heterocycles. The zero-order chi connectivity index (χ0) is 18.1. The van der Waals surface area contributed by atoms with E-state index in [9.17, 15) is 9.18 Å². The number of aromatic nitrogens is 4. The third-order valence-corrected chi connectivity index (χ3v) is 4.34. The molecule has 0 radical (unpaired) electrons. The summed E-state index contributed by atoms with van der Waals surface area (Å²) in [5.41, 5.74) is 2.22. The molecule has 3 aromatic rings. The highest BCUT2D eigenvalue weighted by atomic mass is 19.1. The van der Waals surface area contributed by atoms with Crippen LogP contribution < -0.4 is 10.2 Å². The lowest BCUT2D eigenvalue weighted by atomic mass is 10.1. The van der Waals surface area contributed by atoms with E-state index in [1.165, 1.54) is 12.1 Å². The number of halogens is 1. The predicted molar refractivity (Wildman–Crippen MR) is 95.0 cm³/mol. The summed E-state index contributed by atoms with van der Waals surface area (Å²) in [5.74, 6) is 0.225. The molecule has 1 aliphatic heterocycles. The molecular weight excluding hydrogens is 335 g/mol. The Balaban J connectivity index is 1.44. The lowest BCUT2D eigenvalue weighted by Gasteiger charge is -2.15. The average molecular weight is 352 g/mol. The van der Waals surface area contributed by atoms with Gasteiger partial charge in [0.25, 0.3) is 0 Å². The third-order valence-electron chi connectivity index (χ3n) is 4.34. The molecule has 0 spiro atoms. The summed E-state index contributed by atoms with van der Waals surface area (Å²) in [6.45, 7) is 0.628. The largest absolute Gasteiger partial charge is 0.357 e. The molecule has 4 rings (SSSR count). The summed E-state index contributed by atoms with van der Waals surface area (Å²) < 4.78 is 14.7. The number of nitrogens with one attached hydrogen (secondary N) is 1. The summed E-state index contributed by atoms with van der Waals surface area (Å²) in [4.78, 5) is 14.3. The first-order valence-electron chi connectivity index (χ1n) is 8.26. The number of benzene rings is 1. The van der Waals surface area contributed by atoms with E-state index in [0.717, 1.165) is 11.3 Å². The number of hydrogen-bond acceptors (Lipinski definition) is 5. The van der Waals surface area contributed by atoms with Crippen molar-refractivity contribution in [1.82, 2.24) is 20.0 Å². The van der Waals surface area contributed by atoms with E-state index in [1.54, 1.807) is 40.0 Å². The van der Waals surface area contributed by atoms with Crippen LogP contribution in [-0.4, -0.2) is 38.5 Å².